The third-order valence-corrected chi connectivity index (χ3v) is 3.54. The number of nitrogens with zero attached hydrogens (tertiary/aromatic N) is 2. The van der Waals surface area contributed by atoms with E-state index < -0.39 is 0 Å². The van der Waals surface area contributed by atoms with Crippen molar-refractivity contribution in [3.05, 3.63) is 33.6 Å². The maximum atomic E-state index is 5.51. The number of hydrogen-bond acceptors (Lipinski definition) is 6. The minimum atomic E-state index is 0.492. The summed E-state index contributed by atoms with van der Waals surface area (Å²) in [5.74, 6) is 1.31. The zero-order chi connectivity index (χ0) is 13.7. The molecule has 0 aliphatic heterocycles. The van der Waals surface area contributed by atoms with E-state index in [1.54, 1.807) is 11.6 Å². The van der Waals surface area contributed by atoms with Crippen molar-refractivity contribution < 1.29 is 4.74 Å². The van der Waals surface area contributed by atoms with Gasteiger partial charge >= 0.3 is 0 Å². The van der Waals surface area contributed by atoms with Gasteiger partial charge < -0.3 is 10.5 Å². The van der Waals surface area contributed by atoms with Crippen molar-refractivity contribution in [2.75, 3.05) is 17.8 Å². The first kappa shape index (κ1) is 13.8. The van der Waals surface area contributed by atoms with Crippen LogP contribution in [0.2, 0.25) is 0 Å². The Balaban J connectivity index is 2.00. The Morgan fingerprint density at radius 1 is 1.58 bits per heavy atom. The number of nitrogens with two attached hydrogens (primary N) is 1. The molecule has 0 aliphatic carbocycles. The van der Waals surface area contributed by atoms with Crippen molar-refractivity contribution in [1.29, 1.82) is 0 Å². The van der Waals surface area contributed by atoms with Gasteiger partial charge in [-0.3, -0.25) is 5.43 Å². The lowest BCUT2D eigenvalue weighted by molar-refractivity contribution is 0.338. The second-order valence-corrected chi connectivity index (χ2v) is 5.28. The quantitative estimate of drug-likeness (QED) is 0.646. The summed E-state index contributed by atoms with van der Waals surface area (Å²) in [6, 6.07) is 5.76. The molecule has 0 spiro atoms. The number of nitrogens with one attached hydrogen (secondary N) is 1. The second kappa shape index (κ2) is 6.53. The van der Waals surface area contributed by atoms with Crippen LogP contribution in [0.4, 0.5) is 10.9 Å². The number of rotatable bonds is 5. The summed E-state index contributed by atoms with van der Waals surface area (Å²) in [5, 5.41) is 6.52. The first-order valence-electron chi connectivity index (χ1n) is 5.61. The highest BCUT2D eigenvalue weighted by Crippen LogP contribution is 2.25. The Hall–Kier alpha value is -1.60. The second-order valence-electron chi connectivity index (χ2n) is 3.57. The molecule has 1 aromatic heterocycles. The van der Waals surface area contributed by atoms with Crippen LogP contribution in [-0.4, -0.2) is 17.8 Å². The van der Waals surface area contributed by atoms with Crippen LogP contribution in [0.1, 0.15) is 12.5 Å². The highest BCUT2D eigenvalue weighted by Gasteiger charge is 2.00. The van der Waals surface area contributed by atoms with Gasteiger partial charge in [-0.15, -0.1) is 11.3 Å². The van der Waals surface area contributed by atoms with Crippen LogP contribution in [0.15, 0.2) is 33.2 Å². The van der Waals surface area contributed by atoms with Gasteiger partial charge in [0.25, 0.3) is 0 Å². The largest absolute Gasteiger partial charge is 0.493 e. The average Bonchev–Trinajstić information content (AvgIpc) is 2.79. The fourth-order valence-corrected chi connectivity index (χ4v) is 2.43. The summed E-state index contributed by atoms with van der Waals surface area (Å²) in [5.41, 5.74) is 9.29. The van der Waals surface area contributed by atoms with Crippen molar-refractivity contribution in [1.82, 2.24) is 4.98 Å². The Labute approximate surface area is 123 Å². The van der Waals surface area contributed by atoms with E-state index in [0.29, 0.717) is 17.6 Å². The van der Waals surface area contributed by atoms with Crippen molar-refractivity contribution in [3.63, 3.8) is 0 Å². The van der Waals surface area contributed by atoms with Crippen molar-refractivity contribution >= 4 is 44.4 Å². The van der Waals surface area contributed by atoms with Crippen LogP contribution in [0.3, 0.4) is 0 Å². The van der Waals surface area contributed by atoms with Crippen molar-refractivity contribution in [2.24, 2.45) is 5.10 Å². The van der Waals surface area contributed by atoms with E-state index >= 15 is 0 Å². The lowest BCUT2D eigenvalue weighted by atomic mass is 10.2. The third kappa shape index (κ3) is 3.93. The number of thiazole rings is 1. The van der Waals surface area contributed by atoms with Crippen LogP contribution in [0, 0.1) is 0 Å². The van der Waals surface area contributed by atoms with Gasteiger partial charge in [0.05, 0.1) is 17.3 Å². The number of hydrazone groups is 1. The zero-order valence-electron chi connectivity index (χ0n) is 10.3. The normalized spacial score (nSPS) is 10.8. The molecule has 0 saturated heterocycles. The first-order chi connectivity index (χ1) is 9.19. The van der Waals surface area contributed by atoms with E-state index in [2.05, 4.69) is 31.4 Å². The van der Waals surface area contributed by atoms with Crippen LogP contribution in [-0.2, 0) is 0 Å². The molecule has 0 bridgehead atoms. The molecular formula is C12H13BrN4OS. The molecule has 0 amide bonds. The summed E-state index contributed by atoms with van der Waals surface area (Å²) in [4.78, 5) is 4.04. The molecule has 0 saturated carbocycles. The smallest absolute Gasteiger partial charge is 0.205 e. The molecule has 1 heterocycles. The molecule has 0 aliphatic rings. The molecule has 0 atom stereocenters. The number of ether oxygens (including phenoxy) is 1. The van der Waals surface area contributed by atoms with Crippen LogP contribution < -0.4 is 15.9 Å². The summed E-state index contributed by atoms with van der Waals surface area (Å²) < 4.78 is 6.34. The van der Waals surface area contributed by atoms with E-state index in [1.165, 1.54) is 11.3 Å². The lowest BCUT2D eigenvalue weighted by Gasteiger charge is -2.05. The predicted octanol–water partition coefficient (Wildman–Crippen LogP) is 3.33. The van der Waals surface area contributed by atoms with E-state index in [9.17, 15) is 0 Å². The van der Waals surface area contributed by atoms with Gasteiger partial charge in [0, 0.05) is 5.38 Å². The monoisotopic (exact) mass is 340 g/mol. The zero-order valence-corrected chi connectivity index (χ0v) is 12.7. The number of halogens is 1. The molecule has 100 valence electrons. The fourth-order valence-electron chi connectivity index (χ4n) is 1.37. The van der Waals surface area contributed by atoms with Gasteiger partial charge in [0.15, 0.2) is 0 Å². The number of anilines is 2. The molecule has 3 N–H and O–H groups in total. The van der Waals surface area contributed by atoms with Crippen LogP contribution >= 0.6 is 27.3 Å². The highest BCUT2D eigenvalue weighted by molar-refractivity contribution is 9.10. The Morgan fingerprint density at radius 2 is 2.42 bits per heavy atom. The molecule has 2 aromatic rings. The van der Waals surface area contributed by atoms with Crippen LogP contribution in [0.5, 0.6) is 5.75 Å². The van der Waals surface area contributed by atoms with Crippen molar-refractivity contribution in [2.45, 2.75) is 6.92 Å². The number of benzene rings is 1. The van der Waals surface area contributed by atoms with Gasteiger partial charge in [-0.05, 0) is 46.6 Å². The topological polar surface area (TPSA) is 72.5 Å². The summed E-state index contributed by atoms with van der Waals surface area (Å²) in [7, 11) is 0. The van der Waals surface area contributed by atoms with Gasteiger partial charge in [-0.2, -0.15) is 5.10 Å². The molecule has 1 aromatic carbocycles. The molecule has 0 fully saturated rings. The van der Waals surface area contributed by atoms with Crippen LogP contribution in [0.25, 0.3) is 0 Å². The average molecular weight is 341 g/mol. The first-order valence-corrected chi connectivity index (χ1v) is 7.28. The molecule has 0 unspecified atom stereocenters. The van der Waals surface area contributed by atoms with E-state index in [0.717, 1.165) is 15.8 Å². The Morgan fingerprint density at radius 3 is 3.05 bits per heavy atom. The van der Waals surface area contributed by atoms with E-state index in [-0.39, 0.29) is 0 Å². The summed E-state index contributed by atoms with van der Waals surface area (Å²) >= 11 is 4.86. The minimum absolute atomic E-state index is 0.492. The molecule has 7 heteroatoms. The molecule has 5 nitrogen and oxygen atoms in total. The maximum absolute atomic E-state index is 5.51. The standard InChI is InChI=1S/C12H13BrN4OS/c1-2-18-10-4-3-8(5-9(10)13)6-15-17-12-16-11(14)7-19-12/h3-7H,2,14H2,1H3,(H,16,17). The lowest BCUT2D eigenvalue weighted by Crippen LogP contribution is -1.94. The summed E-state index contributed by atoms with van der Waals surface area (Å²) in [6.07, 6.45) is 1.71. The molecule has 19 heavy (non-hydrogen) atoms. The van der Waals surface area contributed by atoms with E-state index in [1.807, 2.05) is 25.1 Å². The van der Waals surface area contributed by atoms with Crippen molar-refractivity contribution in [3.8, 4) is 5.75 Å². The molecule has 0 radical (unpaired) electrons. The van der Waals surface area contributed by atoms with Gasteiger partial charge in [-0.1, -0.05) is 0 Å². The number of aromatic nitrogens is 1. The number of hydrogen-bond donors (Lipinski definition) is 2. The predicted molar refractivity (Wildman–Crippen MR) is 83.1 cm³/mol. The number of nitrogen functional groups attached to an aromatic ring is 1. The van der Waals surface area contributed by atoms with E-state index in [4.69, 9.17) is 10.5 Å². The third-order valence-electron chi connectivity index (χ3n) is 2.15. The van der Waals surface area contributed by atoms with Gasteiger partial charge in [-0.25, -0.2) is 4.98 Å². The Bertz CT molecular complexity index is 585. The SMILES string of the molecule is CCOc1ccc(C=NNc2nc(N)cs2)cc1Br. The fraction of sp³-hybridized carbons (Fsp3) is 0.167. The molecule has 2 rings (SSSR count). The molecular weight excluding hydrogens is 328 g/mol. The highest BCUT2D eigenvalue weighted by atomic mass is 79.9. The van der Waals surface area contributed by atoms with Gasteiger partial charge in [0.2, 0.25) is 5.13 Å². The summed E-state index contributed by atoms with van der Waals surface area (Å²) in [6.45, 7) is 2.59. The maximum Gasteiger partial charge on any atom is 0.205 e. The minimum Gasteiger partial charge on any atom is -0.493 e. The van der Waals surface area contributed by atoms with Gasteiger partial charge in [0.1, 0.15) is 11.6 Å². The Kier molecular flexibility index (Phi) is 4.75.